The van der Waals surface area contributed by atoms with E-state index in [4.69, 9.17) is 10.6 Å². The number of nitrogen functional groups attached to an aromatic ring is 1. The van der Waals surface area contributed by atoms with Gasteiger partial charge in [0.25, 0.3) is 0 Å². The minimum absolute atomic E-state index is 0.196. The van der Waals surface area contributed by atoms with E-state index in [9.17, 15) is 0 Å². The lowest BCUT2D eigenvalue weighted by Crippen LogP contribution is -2.43. The molecule has 0 saturated carbocycles. The average Bonchev–Trinajstić information content (AvgIpc) is 3.09. The standard InChI is InChI=1S/C12H18N8O/c1-2-9-7-19(5-6-21-9)11-15-10(18-13)16-12(17-11)20-4-3-14-8-20/h3-4,8-9H,2,5-7,13H2,1H3,(H,15,16,17,18). The van der Waals surface area contributed by atoms with Crippen molar-refractivity contribution in [2.24, 2.45) is 5.84 Å². The van der Waals surface area contributed by atoms with Crippen LogP contribution in [0.1, 0.15) is 13.3 Å². The van der Waals surface area contributed by atoms with Crippen molar-refractivity contribution in [2.75, 3.05) is 30.0 Å². The maximum absolute atomic E-state index is 5.67. The molecule has 1 aliphatic heterocycles. The highest BCUT2D eigenvalue weighted by atomic mass is 16.5. The van der Waals surface area contributed by atoms with E-state index < -0.39 is 0 Å². The van der Waals surface area contributed by atoms with E-state index in [1.54, 1.807) is 23.3 Å². The molecule has 2 aromatic heterocycles. The van der Waals surface area contributed by atoms with Gasteiger partial charge >= 0.3 is 0 Å². The van der Waals surface area contributed by atoms with Crippen molar-refractivity contribution in [1.29, 1.82) is 0 Å². The van der Waals surface area contributed by atoms with E-state index >= 15 is 0 Å². The predicted octanol–water partition coefficient (Wildman–Crippen LogP) is -0.0419. The van der Waals surface area contributed by atoms with Crippen LogP contribution < -0.4 is 16.2 Å². The van der Waals surface area contributed by atoms with E-state index in [2.05, 4.69) is 37.2 Å². The second kappa shape index (κ2) is 6.02. The van der Waals surface area contributed by atoms with Gasteiger partial charge in [0.2, 0.25) is 17.8 Å². The lowest BCUT2D eigenvalue weighted by atomic mass is 10.2. The van der Waals surface area contributed by atoms with Gasteiger partial charge in [-0.25, -0.2) is 10.8 Å². The summed E-state index contributed by atoms with van der Waals surface area (Å²) in [7, 11) is 0. The molecule has 112 valence electrons. The Hall–Kier alpha value is -2.26. The number of nitrogens with two attached hydrogens (primary N) is 1. The molecule has 21 heavy (non-hydrogen) atoms. The third kappa shape index (κ3) is 2.93. The largest absolute Gasteiger partial charge is 0.375 e. The molecule has 3 N–H and O–H groups in total. The van der Waals surface area contributed by atoms with Crippen LogP contribution in [0, 0.1) is 0 Å². The fraction of sp³-hybridized carbons (Fsp3) is 0.500. The number of imidazole rings is 1. The Morgan fingerprint density at radius 2 is 2.24 bits per heavy atom. The highest BCUT2D eigenvalue weighted by Crippen LogP contribution is 2.17. The van der Waals surface area contributed by atoms with Crippen LogP contribution in [0.3, 0.4) is 0 Å². The minimum Gasteiger partial charge on any atom is -0.375 e. The van der Waals surface area contributed by atoms with Crippen molar-refractivity contribution in [3.8, 4) is 5.95 Å². The number of aromatic nitrogens is 5. The average molecular weight is 290 g/mol. The van der Waals surface area contributed by atoms with Gasteiger partial charge in [0.05, 0.1) is 12.7 Å². The molecular formula is C12H18N8O. The van der Waals surface area contributed by atoms with Gasteiger partial charge in [0.1, 0.15) is 6.33 Å². The zero-order valence-corrected chi connectivity index (χ0v) is 11.8. The number of nitrogens with zero attached hydrogens (tertiary/aromatic N) is 6. The fourth-order valence-corrected chi connectivity index (χ4v) is 2.20. The van der Waals surface area contributed by atoms with E-state index in [-0.39, 0.29) is 6.10 Å². The Morgan fingerprint density at radius 1 is 1.38 bits per heavy atom. The molecule has 1 unspecified atom stereocenters. The smallest absolute Gasteiger partial charge is 0.243 e. The zero-order chi connectivity index (χ0) is 14.7. The summed E-state index contributed by atoms with van der Waals surface area (Å²) in [5, 5.41) is 0. The van der Waals surface area contributed by atoms with Gasteiger partial charge in [-0.15, -0.1) is 0 Å². The Kier molecular flexibility index (Phi) is 3.93. The quantitative estimate of drug-likeness (QED) is 0.596. The third-order valence-electron chi connectivity index (χ3n) is 3.35. The highest BCUT2D eigenvalue weighted by Gasteiger charge is 2.22. The van der Waals surface area contributed by atoms with Crippen molar-refractivity contribution in [3.63, 3.8) is 0 Å². The molecule has 0 amide bonds. The molecule has 0 spiro atoms. The van der Waals surface area contributed by atoms with Gasteiger partial charge in [-0.05, 0) is 6.42 Å². The number of hydrazine groups is 1. The summed E-state index contributed by atoms with van der Waals surface area (Å²) in [6, 6.07) is 0. The first-order valence-electron chi connectivity index (χ1n) is 6.87. The predicted molar refractivity (Wildman–Crippen MR) is 77.0 cm³/mol. The first-order chi connectivity index (χ1) is 10.3. The van der Waals surface area contributed by atoms with E-state index in [1.165, 1.54) is 0 Å². The molecule has 0 aromatic carbocycles. The van der Waals surface area contributed by atoms with Crippen molar-refractivity contribution in [1.82, 2.24) is 24.5 Å². The number of ether oxygens (including phenoxy) is 1. The zero-order valence-electron chi connectivity index (χ0n) is 11.8. The van der Waals surface area contributed by atoms with Gasteiger partial charge in [0, 0.05) is 25.5 Å². The number of morpholine rings is 1. The van der Waals surface area contributed by atoms with Crippen LogP contribution in [0.25, 0.3) is 5.95 Å². The van der Waals surface area contributed by atoms with Crippen LogP contribution in [0.5, 0.6) is 0 Å². The maximum Gasteiger partial charge on any atom is 0.243 e. The second-order valence-electron chi connectivity index (χ2n) is 4.72. The second-order valence-corrected chi connectivity index (χ2v) is 4.72. The summed E-state index contributed by atoms with van der Waals surface area (Å²) in [6.07, 6.45) is 6.22. The lowest BCUT2D eigenvalue weighted by molar-refractivity contribution is 0.0379. The molecule has 0 radical (unpaired) electrons. The summed E-state index contributed by atoms with van der Waals surface area (Å²) in [5.74, 6) is 6.84. The van der Waals surface area contributed by atoms with Crippen LogP contribution in [0.15, 0.2) is 18.7 Å². The molecule has 1 fully saturated rings. The molecule has 9 heteroatoms. The topological polar surface area (TPSA) is 107 Å². The SMILES string of the molecule is CCC1CN(c2nc(NN)nc(-n3ccnc3)n2)CCO1. The summed E-state index contributed by atoms with van der Waals surface area (Å²) in [6.45, 7) is 4.27. The van der Waals surface area contributed by atoms with Crippen molar-refractivity contribution in [2.45, 2.75) is 19.4 Å². The minimum atomic E-state index is 0.196. The summed E-state index contributed by atoms with van der Waals surface area (Å²) in [5.41, 5.74) is 2.48. The molecule has 1 atom stereocenters. The summed E-state index contributed by atoms with van der Waals surface area (Å²) in [4.78, 5) is 19.1. The fourth-order valence-electron chi connectivity index (χ4n) is 2.20. The monoisotopic (exact) mass is 290 g/mol. The first kappa shape index (κ1) is 13.7. The van der Waals surface area contributed by atoms with Crippen molar-refractivity contribution >= 4 is 11.9 Å². The normalized spacial score (nSPS) is 18.8. The maximum atomic E-state index is 5.67. The van der Waals surface area contributed by atoms with Gasteiger partial charge in [-0.1, -0.05) is 6.92 Å². The van der Waals surface area contributed by atoms with E-state index in [1.807, 2.05) is 0 Å². The highest BCUT2D eigenvalue weighted by molar-refractivity contribution is 5.40. The van der Waals surface area contributed by atoms with E-state index in [0.29, 0.717) is 24.5 Å². The molecule has 1 aliphatic rings. The van der Waals surface area contributed by atoms with Gasteiger partial charge in [0.15, 0.2) is 0 Å². The number of hydrogen-bond acceptors (Lipinski definition) is 8. The Bertz CT molecular complexity index is 587. The molecule has 3 rings (SSSR count). The molecule has 0 aliphatic carbocycles. The number of anilines is 2. The molecule has 2 aromatic rings. The van der Waals surface area contributed by atoms with Crippen LogP contribution >= 0.6 is 0 Å². The molecule has 0 bridgehead atoms. The Balaban J connectivity index is 1.92. The summed E-state index contributed by atoms with van der Waals surface area (Å²) < 4.78 is 7.38. The third-order valence-corrected chi connectivity index (χ3v) is 3.35. The van der Waals surface area contributed by atoms with Crippen LogP contribution in [-0.2, 0) is 4.74 Å². The summed E-state index contributed by atoms with van der Waals surface area (Å²) >= 11 is 0. The molecule has 9 nitrogen and oxygen atoms in total. The van der Waals surface area contributed by atoms with Crippen molar-refractivity contribution in [3.05, 3.63) is 18.7 Å². The van der Waals surface area contributed by atoms with Gasteiger partial charge in [-0.3, -0.25) is 9.99 Å². The van der Waals surface area contributed by atoms with Gasteiger partial charge in [-0.2, -0.15) is 15.0 Å². The number of nitrogens with one attached hydrogen (secondary N) is 1. The van der Waals surface area contributed by atoms with Crippen LogP contribution in [0.2, 0.25) is 0 Å². The molecule has 3 heterocycles. The van der Waals surface area contributed by atoms with Crippen LogP contribution in [-0.4, -0.2) is 50.3 Å². The lowest BCUT2D eigenvalue weighted by Gasteiger charge is -2.32. The molecule has 1 saturated heterocycles. The number of rotatable bonds is 4. The Labute approximate surface area is 122 Å². The first-order valence-corrected chi connectivity index (χ1v) is 6.87. The molecular weight excluding hydrogens is 272 g/mol. The van der Waals surface area contributed by atoms with E-state index in [0.717, 1.165) is 19.5 Å². The van der Waals surface area contributed by atoms with Gasteiger partial charge < -0.3 is 9.64 Å². The Morgan fingerprint density at radius 3 is 2.95 bits per heavy atom. The van der Waals surface area contributed by atoms with Crippen LogP contribution in [0.4, 0.5) is 11.9 Å². The van der Waals surface area contributed by atoms with Crippen molar-refractivity contribution < 1.29 is 4.74 Å². The number of hydrogen-bond donors (Lipinski definition) is 2.